The second-order valence-electron chi connectivity index (χ2n) is 6.59. The second kappa shape index (κ2) is 11.4. The minimum Gasteiger partial charge on any atom is -0.493 e. The van der Waals surface area contributed by atoms with Gasteiger partial charge in [0, 0.05) is 32.2 Å². The van der Waals surface area contributed by atoms with Crippen LogP contribution >= 0.6 is 24.0 Å². The number of likely N-dealkylation sites (N-methyl/N-ethyl adjacent to an activating group) is 1. The lowest BCUT2D eigenvalue weighted by molar-refractivity contribution is 0.247. The maximum Gasteiger partial charge on any atom is 0.203 e. The van der Waals surface area contributed by atoms with Crippen LogP contribution in [0.3, 0.4) is 0 Å². The lowest BCUT2D eigenvalue weighted by atomic mass is 10.2. The van der Waals surface area contributed by atoms with Crippen molar-refractivity contribution in [3.8, 4) is 17.2 Å². The monoisotopic (exact) mass is 492 g/mol. The molecule has 154 valence electrons. The zero-order valence-electron chi connectivity index (χ0n) is 17.2. The average Bonchev–Trinajstić information content (AvgIpc) is 3.51. The summed E-state index contributed by atoms with van der Waals surface area (Å²) in [7, 11) is 8.80. The molecule has 1 fully saturated rings. The Kier molecular flexibility index (Phi) is 10.00. The molecule has 7 nitrogen and oxygen atoms in total. The van der Waals surface area contributed by atoms with Gasteiger partial charge in [0.15, 0.2) is 17.5 Å². The zero-order valence-corrected chi connectivity index (χ0v) is 19.5. The second-order valence-corrected chi connectivity index (χ2v) is 6.59. The van der Waals surface area contributed by atoms with Crippen LogP contribution in [0.15, 0.2) is 17.1 Å². The fourth-order valence-corrected chi connectivity index (χ4v) is 2.87. The number of nitrogens with one attached hydrogen (secondary N) is 2. The minimum atomic E-state index is 0. The largest absolute Gasteiger partial charge is 0.493 e. The Bertz CT molecular complexity index is 598. The minimum absolute atomic E-state index is 0. The molecule has 0 saturated heterocycles. The molecule has 0 radical (unpaired) electrons. The quantitative estimate of drug-likeness (QED) is 0.314. The van der Waals surface area contributed by atoms with Crippen molar-refractivity contribution in [2.75, 3.05) is 42.0 Å². The summed E-state index contributed by atoms with van der Waals surface area (Å²) in [5.74, 6) is 2.66. The van der Waals surface area contributed by atoms with Crippen LogP contribution in [0, 0.1) is 0 Å². The topological polar surface area (TPSA) is 67.4 Å². The van der Waals surface area contributed by atoms with Crippen molar-refractivity contribution in [1.29, 1.82) is 0 Å². The first kappa shape index (κ1) is 23.6. The van der Waals surface area contributed by atoms with Crippen LogP contribution in [0.4, 0.5) is 0 Å². The summed E-state index contributed by atoms with van der Waals surface area (Å²) in [4.78, 5) is 6.73. The third-order valence-electron chi connectivity index (χ3n) is 4.79. The Morgan fingerprint density at radius 2 is 1.74 bits per heavy atom. The van der Waals surface area contributed by atoms with E-state index in [4.69, 9.17) is 14.2 Å². The van der Waals surface area contributed by atoms with E-state index in [1.807, 2.05) is 12.1 Å². The summed E-state index contributed by atoms with van der Waals surface area (Å²) in [5, 5.41) is 6.73. The number of nitrogens with zero attached hydrogens (tertiary/aromatic N) is 2. The third-order valence-corrected chi connectivity index (χ3v) is 4.79. The summed E-state index contributed by atoms with van der Waals surface area (Å²) in [5.41, 5.74) is 1.02. The number of ether oxygens (including phenoxy) is 3. The highest BCUT2D eigenvalue weighted by molar-refractivity contribution is 14.0. The fourth-order valence-electron chi connectivity index (χ4n) is 2.87. The van der Waals surface area contributed by atoms with Gasteiger partial charge in [0.2, 0.25) is 5.75 Å². The molecular weight excluding hydrogens is 459 g/mol. The maximum atomic E-state index is 5.40. The zero-order chi connectivity index (χ0) is 19.1. The molecule has 8 heteroatoms. The average molecular weight is 492 g/mol. The number of aliphatic imine (C=N–C) groups is 1. The van der Waals surface area contributed by atoms with Gasteiger partial charge in [-0.05, 0) is 44.5 Å². The normalized spacial score (nSPS) is 15.0. The van der Waals surface area contributed by atoms with Crippen LogP contribution < -0.4 is 24.8 Å². The van der Waals surface area contributed by atoms with Crippen LogP contribution in [-0.4, -0.2) is 64.9 Å². The van der Waals surface area contributed by atoms with E-state index in [1.165, 1.54) is 12.8 Å². The number of hydrogen-bond donors (Lipinski definition) is 2. The summed E-state index contributed by atoms with van der Waals surface area (Å²) < 4.78 is 16.2. The van der Waals surface area contributed by atoms with Crippen LogP contribution in [0.2, 0.25) is 0 Å². The molecule has 0 heterocycles. The van der Waals surface area contributed by atoms with Crippen LogP contribution in [0.5, 0.6) is 17.2 Å². The molecule has 0 bridgehead atoms. The molecule has 1 aromatic rings. The lowest BCUT2D eigenvalue weighted by Crippen LogP contribution is -2.45. The van der Waals surface area contributed by atoms with Gasteiger partial charge in [-0.15, -0.1) is 24.0 Å². The van der Waals surface area contributed by atoms with E-state index in [0.29, 0.717) is 29.8 Å². The Labute approximate surface area is 179 Å². The first-order valence-electron chi connectivity index (χ1n) is 8.99. The molecular formula is C19H33IN4O3. The highest BCUT2D eigenvalue weighted by Gasteiger charge is 2.28. The van der Waals surface area contributed by atoms with Crippen molar-refractivity contribution >= 4 is 29.9 Å². The summed E-state index contributed by atoms with van der Waals surface area (Å²) in [6.45, 7) is 3.68. The molecule has 27 heavy (non-hydrogen) atoms. The maximum absolute atomic E-state index is 5.40. The van der Waals surface area contributed by atoms with Crippen molar-refractivity contribution in [2.24, 2.45) is 4.99 Å². The van der Waals surface area contributed by atoms with E-state index in [0.717, 1.165) is 24.1 Å². The van der Waals surface area contributed by atoms with Gasteiger partial charge in [-0.2, -0.15) is 0 Å². The molecule has 1 aliphatic rings. The molecule has 0 amide bonds. The van der Waals surface area contributed by atoms with Gasteiger partial charge in [-0.1, -0.05) is 0 Å². The van der Waals surface area contributed by atoms with Crippen molar-refractivity contribution in [3.63, 3.8) is 0 Å². The van der Waals surface area contributed by atoms with Gasteiger partial charge in [-0.3, -0.25) is 9.89 Å². The van der Waals surface area contributed by atoms with Gasteiger partial charge < -0.3 is 24.8 Å². The van der Waals surface area contributed by atoms with Crippen LogP contribution in [0.25, 0.3) is 0 Å². The molecule has 2 rings (SSSR count). The molecule has 0 aromatic heterocycles. The van der Waals surface area contributed by atoms with Gasteiger partial charge >= 0.3 is 0 Å². The van der Waals surface area contributed by atoms with Crippen molar-refractivity contribution in [3.05, 3.63) is 17.7 Å². The number of rotatable bonds is 9. The van der Waals surface area contributed by atoms with Crippen LogP contribution in [-0.2, 0) is 6.54 Å². The summed E-state index contributed by atoms with van der Waals surface area (Å²) in [6.07, 6.45) is 2.63. The van der Waals surface area contributed by atoms with E-state index < -0.39 is 0 Å². The van der Waals surface area contributed by atoms with E-state index >= 15 is 0 Å². The van der Waals surface area contributed by atoms with Gasteiger partial charge in [-0.25, -0.2) is 0 Å². The Morgan fingerprint density at radius 1 is 1.15 bits per heavy atom. The Balaban J connectivity index is 0.00000364. The molecule has 0 aliphatic heterocycles. The molecule has 2 N–H and O–H groups in total. The Hall–Kier alpha value is -1.42. The number of methoxy groups -OCH3 is 3. The first-order chi connectivity index (χ1) is 12.5. The number of benzene rings is 1. The van der Waals surface area contributed by atoms with E-state index in [2.05, 4.69) is 34.5 Å². The smallest absolute Gasteiger partial charge is 0.203 e. The van der Waals surface area contributed by atoms with E-state index in [9.17, 15) is 0 Å². The molecule has 1 unspecified atom stereocenters. The lowest BCUT2D eigenvalue weighted by Gasteiger charge is -2.25. The first-order valence-corrected chi connectivity index (χ1v) is 8.99. The van der Waals surface area contributed by atoms with Gasteiger partial charge in [0.25, 0.3) is 0 Å². The number of hydrogen-bond acceptors (Lipinski definition) is 5. The predicted octanol–water partition coefficient (Wildman–Crippen LogP) is 2.48. The fraction of sp³-hybridized carbons (Fsp3) is 0.632. The summed E-state index contributed by atoms with van der Waals surface area (Å²) >= 11 is 0. The van der Waals surface area contributed by atoms with E-state index in [1.54, 1.807) is 28.4 Å². The standard InChI is InChI=1S/C19H32N4O3.HI/c1-13(23(3)15-7-8-15)11-21-19(20-2)22-12-14-9-16(24-4)18(26-6)17(10-14)25-5;/h9-10,13,15H,7-8,11-12H2,1-6H3,(H2,20,21,22);1H. The number of guanidine groups is 1. The van der Waals surface area contributed by atoms with Gasteiger partial charge in [0.05, 0.1) is 21.3 Å². The predicted molar refractivity (Wildman–Crippen MR) is 120 cm³/mol. The highest BCUT2D eigenvalue weighted by atomic mass is 127. The summed E-state index contributed by atoms with van der Waals surface area (Å²) in [6, 6.07) is 5.08. The van der Waals surface area contributed by atoms with Crippen molar-refractivity contribution in [1.82, 2.24) is 15.5 Å². The molecule has 1 atom stereocenters. The molecule has 1 aliphatic carbocycles. The van der Waals surface area contributed by atoms with Crippen molar-refractivity contribution in [2.45, 2.75) is 38.4 Å². The molecule has 0 spiro atoms. The molecule has 1 saturated carbocycles. The highest BCUT2D eigenvalue weighted by Crippen LogP contribution is 2.38. The van der Waals surface area contributed by atoms with Gasteiger partial charge in [0.1, 0.15) is 0 Å². The van der Waals surface area contributed by atoms with Crippen molar-refractivity contribution < 1.29 is 14.2 Å². The van der Waals surface area contributed by atoms with E-state index in [-0.39, 0.29) is 24.0 Å². The Morgan fingerprint density at radius 3 is 2.19 bits per heavy atom. The SMILES string of the molecule is CN=C(NCc1cc(OC)c(OC)c(OC)c1)NCC(C)N(C)C1CC1.I. The number of halogens is 1. The molecule has 1 aromatic carbocycles. The third kappa shape index (κ3) is 6.60. The van der Waals surface area contributed by atoms with Crippen LogP contribution in [0.1, 0.15) is 25.3 Å².